The van der Waals surface area contributed by atoms with Crippen molar-refractivity contribution in [1.29, 1.82) is 0 Å². The molecule has 0 spiro atoms. The highest BCUT2D eigenvalue weighted by Gasteiger charge is 2.24. The van der Waals surface area contributed by atoms with Crippen LogP contribution < -0.4 is 27.8 Å². The van der Waals surface area contributed by atoms with Crippen LogP contribution in [0.25, 0.3) is 0 Å². The Balaban J connectivity index is 1.92. The van der Waals surface area contributed by atoms with Crippen molar-refractivity contribution in [1.82, 2.24) is 9.97 Å². The molecule has 1 unspecified atom stereocenters. The second-order valence-electron chi connectivity index (χ2n) is 6.41. The molecule has 0 aromatic carbocycles. The lowest BCUT2D eigenvalue weighted by molar-refractivity contribution is 0.100. The van der Waals surface area contributed by atoms with Crippen LogP contribution in [0.5, 0.6) is 0 Å². The normalized spacial score (nSPS) is 19.8. The molecule has 26 heavy (non-hydrogen) atoms. The van der Waals surface area contributed by atoms with E-state index in [0.29, 0.717) is 11.4 Å². The SMILES string of the molecule is NC(=O)c1cc(F)c(NC2CCCC[C@@H]2N)nc1Nc1cncc(N)c1. The first-order valence-electron chi connectivity index (χ1n) is 8.44. The van der Waals surface area contributed by atoms with Gasteiger partial charge in [0.2, 0.25) is 0 Å². The summed E-state index contributed by atoms with van der Waals surface area (Å²) >= 11 is 0. The highest BCUT2D eigenvalue weighted by molar-refractivity contribution is 5.98. The Hall–Kier alpha value is -2.94. The van der Waals surface area contributed by atoms with Crippen molar-refractivity contribution in [2.75, 3.05) is 16.4 Å². The lowest BCUT2D eigenvalue weighted by Gasteiger charge is -2.30. The number of nitrogens with two attached hydrogens (primary N) is 3. The third-order valence-corrected chi connectivity index (χ3v) is 4.41. The van der Waals surface area contributed by atoms with Crippen molar-refractivity contribution < 1.29 is 9.18 Å². The third-order valence-electron chi connectivity index (χ3n) is 4.41. The third kappa shape index (κ3) is 3.99. The summed E-state index contributed by atoms with van der Waals surface area (Å²) in [4.78, 5) is 19.9. The molecular formula is C17H22FN7O. The molecule has 1 aliphatic carbocycles. The van der Waals surface area contributed by atoms with Gasteiger partial charge in [-0.25, -0.2) is 9.37 Å². The van der Waals surface area contributed by atoms with Gasteiger partial charge >= 0.3 is 0 Å². The van der Waals surface area contributed by atoms with E-state index in [1.165, 1.54) is 12.4 Å². The summed E-state index contributed by atoms with van der Waals surface area (Å²) in [5.41, 5.74) is 18.0. The summed E-state index contributed by atoms with van der Waals surface area (Å²) < 4.78 is 14.4. The van der Waals surface area contributed by atoms with E-state index in [1.807, 2.05) is 0 Å². The molecule has 3 rings (SSSR count). The van der Waals surface area contributed by atoms with Gasteiger partial charge in [-0.1, -0.05) is 12.8 Å². The molecule has 9 heteroatoms. The largest absolute Gasteiger partial charge is 0.397 e. The van der Waals surface area contributed by atoms with Gasteiger partial charge in [-0.15, -0.1) is 0 Å². The summed E-state index contributed by atoms with van der Waals surface area (Å²) in [7, 11) is 0. The Morgan fingerprint density at radius 2 is 1.96 bits per heavy atom. The highest BCUT2D eigenvalue weighted by atomic mass is 19.1. The Morgan fingerprint density at radius 1 is 1.19 bits per heavy atom. The monoisotopic (exact) mass is 359 g/mol. The quantitative estimate of drug-likeness (QED) is 0.546. The molecule has 0 aliphatic heterocycles. The maximum atomic E-state index is 14.4. The van der Waals surface area contributed by atoms with Crippen LogP contribution in [-0.2, 0) is 0 Å². The van der Waals surface area contributed by atoms with Gasteiger partial charge in [0.1, 0.15) is 5.82 Å². The Bertz CT molecular complexity index is 814. The molecule has 0 saturated heterocycles. The molecule has 2 aromatic heterocycles. The zero-order valence-corrected chi connectivity index (χ0v) is 14.2. The summed E-state index contributed by atoms with van der Waals surface area (Å²) in [5.74, 6) is -1.31. The van der Waals surface area contributed by atoms with Crippen molar-refractivity contribution in [2.45, 2.75) is 37.8 Å². The van der Waals surface area contributed by atoms with Crippen LogP contribution in [-0.4, -0.2) is 28.0 Å². The standard InChI is InChI=1S/C17H22FN7O/c18-12-6-11(15(21)26)16(23-10-5-9(19)7-22-8-10)25-17(12)24-14-4-2-1-3-13(14)20/h5-8,13-14H,1-4,19-20H2,(H2,21,26)(H2,23,24,25)/t13-,14?/m0/s1. The molecule has 1 amide bonds. The second-order valence-corrected chi connectivity index (χ2v) is 6.41. The van der Waals surface area contributed by atoms with Gasteiger partial charge in [-0.2, -0.15) is 0 Å². The number of halogens is 1. The first-order valence-corrected chi connectivity index (χ1v) is 8.44. The van der Waals surface area contributed by atoms with Crippen molar-refractivity contribution in [3.8, 4) is 0 Å². The molecule has 8 nitrogen and oxygen atoms in total. The number of nitrogens with zero attached hydrogens (tertiary/aromatic N) is 2. The zero-order chi connectivity index (χ0) is 18.7. The maximum absolute atomic E-state index is 14.4. The van der Waals surface area contributed by atoms with Crippen molar-refractivity contribution in [3.05, 3.63) is 35.9 Å². The summed E-state index contributed by atoms with van der Waals surface area (Å²) in [6, 6.07) is 2.53. The lowest BCUT2D eigenvalue weighted by atomic mass is 9.91. The van der Waals surface area contributed by atoms with E-state index in [1.54, 1.807) is 6.07 Å². The fourth-order valence-corrected chi connectivity index (χ4v) is 3.05. The number of carbonyl (C=O) groups excluding carboxylic acids is 1. The van der Waals surface area contributed by atoms with Gasteiger partial charge in [0.15, 0.2) is 11.6 Å². The number of primary amides is 1. The topological polar surface area (TPSA) is 145 Å². The Labute approximate surface area is 150 Å². The molecular weight excluding hydrogens is 337 g/mol. The molecule has 1 saturated carbocycles. The summed E-state index contributed by atoms with van der Waals surface area (Å²) in [5, 5.41) is 5.98. The van der Waals surface area contributed by atoms with E-state index in [0.717, 1.165) is 31.7 Å². The predicted octanol–water partition coefficient (Wildman–Crippen LogP) is 1.72. The van der Waals surface area contributed by atoms with E-state index < -0.39 is 11.7 Å². The van der Waals surface area contributed by atoms with Gasteiger partial charge in [-0.05, 0) is 25.0 Å². The van der Waals surface area contributed by atoms with Crippen LogP contribution in [0.15, 0.2) is 24.5 Å². The number of pyridine rings is 2. The lowest BCUT2D eigenvalue weighted by Crippen LogP contribution is -2.43. The van der Waals surface area contributed by atoms with E-state index in [9.17, 15) is 9.18 Å². The van der Waals surface area contributed by atoms with Gasteiger partial charge < -0.3 is 27.8 Å². The van der Waals surface area contributed by atoms with Gasteiger partial charge in [0.25, 0.3) is 5.91 Å². The number of nitrogen functional groups attached to an aromatic ring is 1. The van der Waals surface area contributed by atoms with Crippen LogP contribution in [0, 0.1) is 5.82 Å². The van der Waals surface area contributed by atoms with Crippen LogP contribution >= 0.6 is 0 Å². The van der Waals surface area contributed by atoms with Crippen molar-refractivity contribution in [3.63, 3.8) is 0 Å². The maximum Gasteiger partial charge on any atom is 0.252 e. The van der Waals surface area contributed by atoms with Crippen LogP contribution in [0.4, 0.5) is 27.4 Å². The number of rotatable bonds is 5. The molecule has 1 fully saturated rings. The molecule has 0 bridgehead atoms. The number of amides is 1. The Kier molecular flexibility index (Phi) is 5.17. The Morgan fingerprint density at radius 3 is 2.65 bits per heavy atom. The highest BCUT2D eigenvalue weighted by Crippen LogP contribution is 2.26. The molecule has 2 atom stereocenters. The molecule has 2 heterocycles. The van der Waals surface area contributed by atoms with E-state index >= 15 is 0 Å². The summed E-state index contributed by atoms with van der Waals surface area (Å²) in [6.07, 6.45) is 6.78. The summed E-state index contributed by atoms with van der Waals surface area (Å²) in [6.45, 7) is 0. The first-order chi connectivity index (χ1) is 12.4. The second kappa shape index (κ2) is 7.52. The fourth-order valence-electron chi connectivity index (χ4n) is 3.05. The minimum atomic E-state index is -0.795. The number of anilines is 4. The number of hydrogen-bond donors (Lipinski definition) is 5. The fraction of sp³-hybridized carbons (Fsp3) is 0.353. The number of hydrogen-bond acceptors (Lipinski definition) is 7. The smallest absolute Gasteiger partial charge is 0.252 e. The van der Waals surface area contributed by atoms with E-state index in [-0.39, 0.29) is 29.3 Å². The van der Waals surface area contributed by atoms with E-state index in [2.05, 4.69) is 20.6 Å². The number of aromatic nitrogens is 2. The van der Waals surface area contributed by atoms with Crippen LogP contribution in [0.3, 0.4) is 0 Å². The average molecular weight is 359 g/mol. The molecule has 8 N–H and O–H groups in total. The van der Waals surface area contributed by atoms with Gasteiger partial charge in [0.05, 0.1) is 23.1 Å². The molecule has 0 radical (unpaired) electrons. The number of carbonyl (C=O) groups is 1. The first kappa shape index (κ1) is 17.9. The van der Waals surface area contributed by atoms with E-state index in [4.69, 9.17) is 17.2 Å². The van der Waals surface area contributed by atoms with Gasteiger partial charge in [0, 0.05) is 18.3 Å². The minimum Gasteiger partial charge on any atom is -0.397 e. The van der Waals surface area contributed by atoms with Crippen LogP contribution in [0.1, 0.15) is 36.0 Å². The molecule has 138 valence electrons. The van der Waals surface area contributed by atoms with Gasteiger partial charge in [-0.3, -0.25) is 9.78 Å². The average Bonchev–Trinajstić information content (AvgIpc) is 2.59. The van der Waals surface area contributed by atoms with Crippen molar-refractivity contribution in [2.24, 2.45) is 11.5 Å². The zero-order valence-electron chi connectivity index (χ0n) is 14.2. The van der Waals surface area contributed by atoms with Crippen LogP contribution in [0.2, 0.25) is 0 Å². The predicted molar refractivity (Wildman–Crippen MR) is 98.5 cm³/mol. The minimum absolute atomic E-state index is 0.0247. The molecule has 1 aliphatic rings. The number of nitrogens with one attached hydrogen (secondary N) is 2. The van der Waals surface area contributed by atoms with Crippen molar-refractivity contribution >= 4 is 28.9 Å². The molecule has 2 aromatic rings.